The topological polar surface area (TPSA) is 116 Å². The molecular formula is C16H28N4O3S. The van der Waals surface area contributed by atoms with Crippen LogP contribution in [-0.2, 0) is 14.8 Å². The minimum absolute atomic E-state index is 0.241. The summed E-state index contributed by atoms with van der Waals surface area (Å²) in [5, 5.41) is 12.3. The number of hydrogen-bond donors (Lipinski definition) is 2. The van der Waals surface area contributed by atoms with Gasteiger partial charge in [-0.3, -0.25) is 4.79 Å². The normalized spacial score (nSPS) is 24.0. The molecule has 0 aromatic carbocycles. The summed E-state index contributed by atoms with van der Waals surface area (Å²) in [5.41, 5.74) is 5.04. The van der Waals surface area contributed by atoms with E-state index in [9.17, 15) is 18.5 Å². The van der Waals surface area contributed by atoms with Gasteiger partial charge in [0.1, 0.15) is 5.54 Å². The average molecular weight is 356 g/mol. The maximum absolute atomic E-state index is 12.4. The number of nitrogens with zero attached hydrogens (tertiary/aromatic N) is 2. The summed E-state index contributed by atoms with van der Waals surface area (Å²) in [6, 6.07) is 1.56. The second-order valence-electron chi connectivity index (χ2n) is 7.19. The van der Waals surface area contributed by atoms with Crippen LogP contribution in [-0.4, -0.2) is 49.6 Å². The van der Waals surface area contributed by atoms with Crippen LogP contribution in [0.15, 0.2) is 0 Å². The Morgan fingerprint density at radius 2 is 1.92 bits per heavy atom. The quantitative estimate of drug-likeness (QED) is 0.753. The zero-order chi connectivity index (χ0) is 17.8. The summed E-state index contributed by atoms with van der Waals surface area (Å²) in [6.07, 6.45) is 8.28. The number of nitriles is 1. The van der Waals surface area contributed by atoms with Crippen LogP contribution in [0.5, 0.6) is 0 Å². The lowest BCUT2D eigenvalue weighted by atomic mass is 9.84. The molecule has 0 aromatic heterocycles. The maximum atomic E-state index is 12.4. The van der Waals surface area contributed by atoms with Gasteiger partial charge >= 0.3 is 0 Å². The van der Waals surface area contributed by atoms with E-state index in [2.05, 4.69) is 11.4 Å². The molecule has 2 aliphatic rings. The van der Waals surface area contributed by atoms with E-state index in [1.807, 2.05) is 0 Å². The molecule has 1 atom stereocenters. The van der Waals surface area contributed by atoms with Crippen LogP contribution in [0.1, 0.15) is 51.4 Å². The standard InChI is InChI=1S/C16H28N4O3S/c1-24(22,23)20-9-7-16(12-17,8-10-20)19-15(21)14(18)11-13-5-3-2-4-6-13/h13-14H,2-11,18H2,1H3,(H,19,21). The lowest BCUT2D eigenvalue weighted by Crippen LogP contribution is -2.58. The van der Waals surface area contributed by atoms with Crippen LogP contribution in [0.4, 0.5) is 0 Å². The van der Waals surface area contributed by atoms with Crippen molar-refractivity contribution in [2.24, 2.45) is 11.7 Å². The minimum atomic E-state index is -3.26. The van der Waals surface area contributed by atoms with E-state index < -0.39 is 21.6 Å². The molecule has 1 amide bonds. The number of rotatable bonds is 5. The van der Waals surface area contributed by atoms with Crippen molar-refractivity contribution in [3.05, 3.63) is 0 Å². The summed E-state index contributed by atoms with van der Waals surface area (Å²) < 4.78 is 24.5. The Kier molecular flexibility index (Phi) is 6.23. The van der Waals surface area contributed by atoms with Crippen molar-refractivity contribution in [3.63, 3.8) is 0 Å². The zero-order valence-electron chi connectivity index (χ0n) is 14.3. The van der Waals surface area contributed by atoms with Gasteiger partial charge in [0.25, 0.3) is 0 Å². The lowest BCUT2D eigenvalue weighted by molar-refractivity contribution is -0.124. The molecule has 1 aliphatic heterocycles. The van der Waals surface area contributed by atoms with Gasteiger partial charge in [0, 0.05) is 13.1 Å². The van der Waals surface area contributed by atoms with Crippen LogP contribution in [0.3, 0.4) is 0 Å². The molecule has 1 saturated carbocycles. The third-order valence-corrected chi connectivity index (χ3v) is 6.57. The lowest BCUT2D eigenvalue weighted by Gasteiger charge is -2.37. The van der Waals surface area contributed by atoms with Gasteiger partial charge in [-0.1, -0.05) is 32.1 Å². The van der Waals surface area contributed by atoms with Gasteiger partial charge in [-0.05, 0) is 25.2 Å². The van der Waals surface area contributed by atoms with Crippen molar-refractivity contribution >= 4 is 15.9 Å². The van der Waals surface area contributed by atoms with Gasteiger partial charge in [-0.2, -0.15) is 5.26 Å². The molecule has 136 valence electrons. The van der Waals surface area contributed by atoms with Crippen LogP contribution in [0, 0.1) is 17.2 Å². The summed E-state index contributed by atoms with van der Waals surface area (Å²) in [6.45, 7) is 0.481. The molecule has 0 aromatic rings. The fourth-order valence-electron chi connectivity index (χ4n) is 3.68. The third-order valence-electron chi connectivity index (χ3n) is 5.27. The number of nitrogens with one attached hydrogen (secondary N) is 1. The van der Waals surface area contributed by atoms with E-state index >= 15 is 0 Å². The molecular weight excluding hydrogens is 328 g/mol. The first-order valence-electron chi connectivity index (χ1n) is 8.70. The predicted molar refractivity (Wildman–Crippen MR) is 91.3 cm³/mol. The van der Waals surface area contributed by atoms with E-state index in [4.69, 9.17) is 5.73 Å². The van der Waals surface area contributed by atoms with Crippen molar-refractivity contribution < 1.29 is 13.2 Å². The number of piperidine rings is 1. The van der Waals surface area contributed by atoms with Gasteiger partial charge < -0.3 is 11.1 Å². The highest BCUT2D eigenvalue weighted by molar-refractivity contribution is 7.88. The minimum Gasteiger partial charge on any atom is -0.336 e. The second kappa shape index (κ2) is 7.81. The zero-order valence-corrected chi connectivity index (χ0v) is 15.1. The molecule has 0 radical (unpaired) electrons. The third kappa shape index (κ3) is 4.91. The van der Waals surface area contributed by atoms with E-state index in [-0.39, 0.29) is 19.0 Å². The Labute approximate surface area is 144 Å². The van der Waals surface area contributed by atoms with Gasteiger partial charge in [0.2, 0.25) is 15.9 Å². The predicted octanol–water partition coefficient (Wildman–Crippen LogP) is 0.718. The van der Waals surface area contributed by atoms with Crippen LogP contribution < -0.4 is 11.1 Å². The first kappa shape index (κ1) is 19.2. The highest BCUT2D eigenvalue weighted by Crippen LogP contribution is 2.28. The Bertz CT molecular complexity index is 585. The fraction of sp³-hybridized carbons (Fsp3) is 0.875. The highest BCUT2D eigenvalue weighted by Gasteiger charge is 2.39. The van der Waals surface area contributed by atoms with Crippen molar-refractivity contribution in [2.45, 2.75) is 62.9 Å². The molecule has 8 heteroatoms. The summed E-state index contributed by atoms with van der Waals surface area (Å²) in [7, 11) is -3.26. The molecule has 1 heterocycles. The molecule has 0 spiro atoms. The monoisotopic (exact) mass is 356 g/mol. The van der Waals surface area contributed by atoms with Crippen molar-refractivity contribution in [1.82, 2.24) is 9.62 Å². The Morgan fingerprint density at radius 1 is 1.33 bits per heavy atom. The molecule has 2 fully saturated rings. The first-order chi connectivity index (χ1) is 11.3. The molecule has 1 saturated heterocycles. The maximum Gasteiger partial charge on any atom is 0.238 e. The molecule has 7 nitrogen and oxygen atoms in total. The highest BCUT2D eigenvalue weighted by atomic mass is 32.2. The molecule has 0 bridgehead atoms. The van der Waals surface area contributed by atoms with Crippen molar-refractivity contribution in [1.29, 1.82) is 5.26 Å². The summed E-state index contributed by atoms with van der Waals surface area (Å²) in [5.74, 6) is 0.194. The molecule has 24 heavy (non-hydrogen) atoms. The van der Waals surface area contributed by atoms with Crippen LogP contribution >= 0.6 is 0 Å². The fourth-order valence-corrected chi connectivity index (χ4v) is 4.53. The van der Waals surface area contributed by atoms with Crippen molar-refractivity contribution in [2.75, 3.05) is 19.3 Å². The van der Waals surface area contributed by atoms with Crippen molar-refractivity contribution in [3.8, 4) is 6.07 Å². The van der Waals surface area contributed by atoms with E-state index in [0.29, 0.717) is 25.2 Å². The Balaban J connectivity index is 1.90. The number of carbonyl (C=O) groups is 1. The van der Waals surface area contributed by atoms with Gasteiger partial charge in [-0.25, -0.2) is 12.7 Å². The summed E-state index contributed by atoms with van der Waals surface area (Å²) in [4.78, 5) is 12.4. The molecule has 1 unspecified atom stereocenters. The van der Waals surface area contributed by atoms with E-state index in [1.165, 1.54) is 23.6 Å². The number of hydrogen-bond acceptors (Lipinski definition) is 5. The van der Waals surface area contributed by atoms with Crippen LogP contribution in [0.2, 0.25) is 0 Å². The molecule has 2 rings (SSSR count). The Morgan fingerprint density at radius 3 is 2.42 bits per heavy atom. The van der Waals surface area contributed by atoms with E-state index in [0.717, 1.165) is 19.1 Å². The van der Waals surface area contributed by atoms with E-state index in [1.54, 1.807) is 0 Å². The Hall–Kier alpha value is -1.17. The number of nitrogens with two attached hydrogens (primary N) is 1. The number of carbonyl (C=O) groups excluding carboxylic acids is 1. The SMILES string of the molecule is CS(=O)(=O)N1CCC(C#N)(NC(=O)C(N)CC2CCCCC2)CC1. The molecule has 3 N–H and O–H groups in total. The van der Waals surface area contributed by atoms with Gasteiger partial charge in [0.05, 0.1) is 18.4 Å². The number of sulfonamides is 1. The largest absolute Gasteiger partial charge is 0.336 e. The van der Waals surface area contributed by atoms with Crippen LogP contribution in [0.25, 0.3) is 0 Å². The van der Waals surface area contributed by atoms with Gasteiger partial charge in [0.15, 0.2) is 0 Å². The smallest absolute Gasteiger partial charge is 0.238 e. The molecule has 1 aliphatic carbocycles. The van der Waals surface area contributed by atoms with Gasteiger partial charge in [-0.15, -0.1) is 0 Å². The first-order valence-corrected chi connectivity index (χ1v) is 10.5. The number of amides is 1. The average Bonchev–Trinajstić information content (AvgIpc) is 2.55. The summed E-state index contributed by atoms with van der Waals surface area (Å²) >= 11 is 0. The second-order valence-corrected chi connectivity index (χ2v) is 9.17.